The van der Waals surface area contributed by atoms with Gasteiger partial charge in [-0.05, 0) is 35.9 Å². The van der Waals surface area contributed by atoms with Crippen molar-refractivity contribution in [2.45, 2.75) is 5.92 Å². The molecule has 0 fully saturated rings. The minimum atomic E-state index is -1.19. The Hall–Kier alpha value is -2.25. The van der Waals surface area contributed by atoms with Gasteiger partial charge in [0.05, 0.1) is 11.1 Å². The number of rotatable bonds is 3. The molecular formula is C15H8ClF2NO. The normalized spacial score (nSPS) is 11.7. The molecule has 2 rings (SSSR count). The number of carbonyl (C=O) groups excluding carboxylic acids is 1. The first-order valence-corrected chi connectivity index (χ1v) is 6.05. The first kappa shape index (κ1) is 14.2. The van der Waals surface area contributed by atoms with Crippen molar-refractivity contribution in [3.05, 3.63) is 70.2 Å². The van der Waals surface area contributed by atoms with Gasteiger partial charge in [-0.2, -0.15) is 5.26 Å². The smallest absolute Gasteiger partial charge is 0.184 e. The van der Waals surface area contributed by atoms with Crippen molar-refractivity contribution in [3.63, 3.8) is 0 Å². The summed E-state index contributed by atoms with van der Waals surface area (Å²) in [6, 6.07) is 10.5. The lowest BCUT2D eigenvalue weighted by molar-refractivity contribution is 0.0978. The Labute approximate surface area is 119 Å². The van der Waals surface area contributed by atoms with Gasteiger partial charge in [-0.1, -0.05) is 23.7 Å². The Kier molecular flexibility index (Phi) is 4.11. The molecule has 0 bridgehead atoms. The molecule has 0 radical (unpaired) electrons. The Morgan fingerprint density at radius 3 is 2.55 bits per heavy atom. The molecule has 2 nitrogen and oxygen atoms in total. The van der Waals surface area contributed by atoms with Gasteiger partial charge >= 0.3 is 0 Å². The number of nitrogens with zero attached hydrogens (tertiary/aromatic N) is 1. The summed E-state index contributed by atoms with van der Waals surface area (Å²) in [6.07, 6.45) is 0. The standard InChI is InChI=1S/C15H8ClF2NO/c16-13-5-4-10(7-14(13)18)15(20)12(8-19)9-2-1-3-11(17)6-9/h1-7,12H. The maximum Gasteiger partial charge on any atom is 0.184 e. The molecule has 0 saturated carbocycles. The molecule has 100 valence electrons. The van der Waals surface area contributed by atoms with Gasteiger partial charge in [-0.3, -0.25) is 4.79 Å². The molecule has 0 aliphatic carbocycles. The molecule has 0 aliphatic heterocycles. The second-order valence-electron chi connectivity index (χ2n) is 4.11. The third-order valence-corrected chi connectivity index (χ3v) is 3.08. The van der Waals surface area contributed by atoms with Crippen LogP contribution in [0.2, 0.25) is 5.02 Å². The third-order valence-electron chi connectivity index (χ3n) is 2.78. The van der Waals surface area contributed by atoms with E-state index in [1.165, 1.54) is 30.3 Å². The molecule has 5 heteroatoms. The predicted octanol–water partition coefficient (Wildman–Crippen LogP) is 4.11. The molecule has 0 heterocycles. The van der Waals surface area contributed by atoms with E-state index in [-0.39, 0.29) is 16.1 Å². The molecule has 2 aromatic rings. The van der Waals surface area contributed by atoms with Crippen LogP contribution < -0.4 is 0 Å². The molecule has 0 saturated heterocycles. The lowest BCUT2D eigenvalue weighted by Crippen LogP contribution is -2.11. The van der Waals surface area contributed by atoms with Crippen LogP contribution in [0.5, 0.6) is 0 Å². The second-order valence-corrected chi connectivity index (χ2v) is 4.52. The monoisotopic (exact) mass is 291 g/mol. The quantitative estimate of drug-likeness (QED) is 0.799. The highest BCUT2D eigenvalue weighted by Crippen LogP contribution is 2.23. The van der Waals surface area contributed by atoms with Crippen LogP contribution in [0.25, 0.3) is 0 Å². The van der Waals surface area contributed by atoms with Crippen LogP contribution in [0.1, 0.15) is 21.8 Å². The third kappa shape index (κ3) is 2.84. The molecule has 0 spiro atoms. The summed E-state index contributed by atoms with van der Waals surface area (Å²) in [4.78, 5) is 12.2. The van der Waals surface area contributed by atoms with E-state index >= 15 is 0 Å². The van der Waals surface area contributed by atoms with E-state index in [9.17, 15) is 13.6 Å². The predicted molar refractivity (Wildman–Crippen MR) is 70.5 cm³/mol. The van der Waals surface area contributed by atoms with E-state index < -0.39 is 23.3 Å². The summed E-state index contributed by atoms with van der Waals surface area (Å²) in [6.45, 7) is 0. The number of hydrogen-bond donors (Lipinski definition) is 0. The van der Waals surface area contributed by atoms with E-state index in [1.54, 1.807) is 6.07 Å². The average molecular weight is 292 g/mol. The summed E-state index contributed by atoms with van der Waals surface area (Å²) in [5.74, 6) is -3.08. The SMILES string of the molecule is N#CC(C(=O)c1ccc(Cl)c(F)c1)c1cccc(F)c1. The van der Waals surface area contributed by atoms with Gasteiger partial charge in [-0.25, -0.2) is 8.78 Å². The Morgan fingerprint density at radius 1 is 1.20 bits per heavy atom. The van der Waals surface area contributed by atoms with E-state index in [0.717, 1.165) is 12.1 Å². The number of hydrogen-bond acceptors (Lipinski definition) is 2. The highest BCUT2D eigenvalue weighted by Gasteiger charge is 2.22. The Balaban J connectivity index is 2.39. The molecule has 0 aliphatic rings. The van der Waals surface area contributed by atoms with Gasteiger partial charge in [-0.15, -0.1) is 0 Å². The van der Waals surface area contributed by atoms with Gasteiger partial charge in [0.25, 0.3) is 0 Å². The molecule has 1 atom stereocenters. The minimum Gasteiger partial charge on any atom is -0.292 e. The fourth-order valence-corrected chi connectivity index (χ4v) is 1.90. The van der Waals surface area contributed by atoms with Crippen molar-refractivity contribution < 1.29 is 13.6 Å². The van der Waals surface area contributed by atoms with Crippen molar-refractivity contribution in [1.29, 1.82) is 5.26 Å². The summed E-state index contributed by atoms with van der Waals surface area (Å²) >= 11 is 5.54. The topological polar surface area (TPSA) is 40.9 Å². The van der Waals surface area contributed by atoms with Crippen LogP contribution in [0.15, 0.2) is 42.5 Å². The minimum absolute atomic E-state index is 0.0164. The number of halogens is 3. The van der Waals surface area contributed by atoms with E-state index in [0.29, 0.717) is 0 Å². The fourth-order valence-electron chi connectivity index (χ4n) is 1.79. The second kappa shape index (κ2) is 5.81. The summed E-state index contributed by atoms with van der Waals surface area (Å²) in [7, 11) is 0. The first-order valence-electron chi connectivity index (χ1n) is 5.67. The van der Waals surface area contributed by atoms with E-state index in [2.05, 4.69) is 0 Å². The van der Waals surface area contributed by atoms with Crippen molar-refractivity contribution >= 4 is 17.4 Å². The first-order chi connectivity index (χ1) is 9.52. The molecule has 0 amide bonds. The zero-order valence-electron chi connectivity index (χ0n) is 10.1. The number of benzene rings is 2. The molecule has 2 aromatic carbocycles. The summed E-state index contributed by atoms with van der Waals surface area (Å²) < 4.78 is 26.5. The van der Waals surface area contributed by atoms with E-state index in [1.807, 2.05) is 0 Å². The maximum absolute atomic E-state index is 13.3. The number of Topliss-reactive ketones (excluding diaryl/α,β-unsaturated/α-hetero) is 1. The molecule has 1 unspecified atom stereocenters. The number of ketones is 1. The van der Waals surface area contributed by atoms with Gasteiger partial charge in [0.15, 0.2) is 5.78 Å². The molecule has 20 heavy (non-hydrogen) atoms. The van der Waals surface area contributed by atoms with Crippen molar-refractivity contribution in [2.75, 3.05) is 0 Å². The van der Waals surface area contributed by atoms with E-state index in [4.69, 9.17) is 16.9 Å². The molecular weight excluding hydrogens is 284 g/mol. The highest BCUT2D eigenvalue weighted by atomic mass is 35.5. The van der Waals surface area contributed by atoms with Gasteiger partial charge < -0.3 is 0 Å². The lowest BCUT2D eigenvalue weighted by atomic mass is 9.92. The average Bonchev–Trinajstić information content (AvgIpc) is 2.42. The van der Waals surface area contributed by atoms with Crippen LogP contribution in [0.4, 0.5) is 8.78 Å². The highest BCUT2D eigenvalue weighted by molar-refractivity contribution is 6.30. The van der Waals surface area contributed by atoms with Gasteiger partial charge in [0.1, 0.15) is 17.6 Å². The van der Waals surface area contributed by atoms with Crippen LogP contribution in [-0.4, -0.2) is 5.78 Å². The Bertz CT molecular complexity index is 709. The zero-order chi connectivity index (χ0) is 14.7. The van der Waals surface area contributed by atoms with Crippen LogP contribution in [-0.2, 0) is 0 Å². The number of nitriles is 1. The van der Waals surface area contributed by atoms with Crippen LogP contribution in [0.3, 0.4) is 0 Å². The Morgan fingerprint density at radius 2 is 1.95 bits per heavy atom. The molecule has 0 N–H and O–H groups in total. The van der Waals surface area contributed by atoms with Crippen LogP contribution in [0, 0.1) is 23.0 Å². The van der Waals surface area contributed by atoms with Crippen molar-refractivity contribution in [1.82, 2.24) is 0 Å². The van der Waals surface area contributed by atoms with Crippen LogP contribution >= 0.6 is 11.6 Å². The lowest BCUT2D eigenvalue weighted by Gasteiger charge is -2.09. The summed E-state index contributed by atoms with van der Waals surface area (Å²) in [5.41, 5.74) is 0.246. The van der Waals surface area contributed by atoms with Crippen molar-refractivity contribution in [3.8, 4) is 6.07 Å². The largest absolute Gasteiger partial charge is 0.292 e. The van der Waals surface area contributed by atoms with Gasteiger partial charge in [0.2, 0.25) is 0 Å². The summed E-state index contributed by atoms with van der Waals surface area (Å²) in [5, 5.41) is 9.00. The van der Waals surface area contributed by atoms with Gasteiger partial charge in [0, 0.05) is 5.56 Å². The van der Waals surface area contributed by atoms with Crippen molar-refractivity contribution in [2.24, 2.45) is 0 Å². The fraction of sp³-hybridized carbons (Fsp3) is 0.0667. The molecule has 0 aromatic heterocycles. The maximum atomic E-state index is 13.3. The number of carbonyl (C=O) groups is 1. The zero-order valence-corrected chi connectivity index (χ0v) is 10.9.